The maximum Gasteiger partial charge on any atom is 0.251 e. The van der Waals surface area contributed by atoms with Crippen molar-refractivity contribution in [1.29, 1.82) is 0 Å². The zero-order chi connectivity index (χ0) is 19.4. The zero-order valence-electron chi connectivity index (χ0n) is 16.0. The van der Waals surface area contributed by atoms with Crippen molar-refractivity contribution in [1.82, 2.24) is 4.72 Å². The molecule has 1 heterocycles. The maximum absolute atomic E-state index is 13.0. The van der Waals surface area contributed by atoms with E-state index in [-0.39, 0.29) is 6.61 Å². The molecule has 0 atom stereocenters. The molecule has 0 amide bonds. The average molecular weight is 396 g/mol. The van der Waals surface area contributed by atoms with E-state index in [1.165, 1.54) is 11.3 Å². The molecule has 2 rings (SSSR count). The largest absolute Gasteiger partial charge is 0.392 e. The van der Waals surface area contributed by atoms with Gasteiger partial charge >= 0.3 is 0 Å². The van der Waals surface area contributed by atoms with E-state index in [2.05, 4.69) is 11.6 Å². The van der Waals surface area contributed by atoms with Gasteiger partial charge in [0.25, 0.3) is 10.0 Å². The lowest BCUT2D eigenvalue weighted by molar-refractivity contribution is 0.282. The molecule has 0 radical (unpaired) electrons. The van der Waals surface area contributed by atoms with E-state index in [4.69, 9.17) is 0 Å². The molecule has 1 aromatic heterocycles. The SMILES string of the molecule is CCCCCc1cc(-c2ccc(CO)cc2)c(S(=O)(=O)NC(C)(C)C)s1. The van der Waals surface area contributed by atoms with Gasteiger partial charge in [0, 0.05) is 16.0 Å². The molecule has 1 aromatic carbocycles. The molecule has 0 aliphatic carbocycles. The Morgan fingerprint density at radius 1 is 1.12 bits per heavy atom. The first-order valence-corrected chi connectivity index (χ1v) is 11.3. The third-order valence-corrected chi connectivity index (χ3v) is 7.39. The summed E-state index contributed by atoms with van der Waals surface area (Å²) in [6, 6.07) is 9.42. The van der Waals surface area contributed by atoms with Crippen molar-refractivity contribution >= 4 is 21.4 Å². The number of benzene rings is 1. The van der Waals surface area contributed by atoms with Gasteiger partial charge in [-0.05, 0) is 50.8 Å². The molecular formula is C20H29NO3S2. The van der Waals surface area contributed by atoms with Crippen molar-refractivity contribution in [3.05, 3.63) is 40.8 Å². The molecule has 0 spiro atoms. The third-order valence-electron chi connectivity index (χ3n) is 3.91. The van der Waals surface area contributed by atoms with Gasteiger partial charge < -0.3 is 5.11 Å². The van der Waals surface area contributed by atoms with Gasteiger partial charge in [-0.15, -0.1) is 11.3 Å². The second-order valence-electron chi connectivity index (χ2n) is 7.58. The van der Waals surface area contributed by atoms with Gasteiger partial charge in [0.15, 0.2) is 0 Å². The van der Waals surface area contributed by atoms with Gasteiger partial charge in [-0.1, -0.05) is 44.0 Å². The molecule has 2 aromatic rings. The van der Waals surface area contributed by atoms with E-state index in [0.717, 1.165) is 47.3 Å². The van der Waals surface area contributed by atoms with Crippen LogP contribution in [-0.2, 0) is 23.1 Å². The van der Waals surface area contributed by atoms with Crippen molar-refractivity contribution in [3.63, 3.8) is 0 Å². The number of rotatable bonds is 8. The monoisotopic (exact) mass is 395 g/mol. The summed E-state index contributed by atoms with van der Waals surface area (Å²) in [6.45, 7) is 7.66. The van der Waals surface area contributed by atoms with Crippen molar-refractivity contribution in [2.75, 3.05) is 0 Å². The fourth-order valence-corrected chi connectivity index (χ4v) is 5.93. The summed E-state index contributed by atoms with van der Waals surface area (Å²) in [5.74, 6) is 0. The first kappa shape index (κ1) is 21.1. The van der Waals surface area contributed by atoms with Crippen LogP contribution < -0.4 is 4.72 Å². The molecule has 0 aliphatic rings. The van der Waals surface area contributed by atoms with Crippen molar-refractivity contribution in [2.24, 2.45) is 0 Å². The molecule has 4 nitrogen and oxygen atoms in total. The third kappa shape index (κ3) is 5.64. The maximum atomic E-state index is 13.0. The summed E-state index contributed by atoms with van der Waals surface area (Å²) in [7, 11) is -3.60. The number of sulfonamides is 1. The lowest BCUT2D eigenvalue weighted by Crippen LogP contribution is -2.40. The topological polar surface area (TPSA) is 66.4 Å². The second kappa shape index (κ2) is 8.65. The molecule has 0 saturated heterocycles. The van der Waals surface area contributed by atoms with Crippen molar-refractivity contribution in [2.45, 2.75) is 69.7 Å². The van der Waals surface area contributed by atoms with Crippen LogP contribution in [0.25, 0.3) is 11.1 Å². The Morgan fingerprint density at radius 2 is 1.77 bits per heavy atom. The lowest BCUT2D eigenvalue weighted by atomic mass is 10.1. The predicted molar refractivity (Wildman–Crippen MR) is 109 cm³/mol. The Morgan fingerprint density at radius 3 is 2.31 bits per heavy atom. The number of unbranched alkanes of at least 4 members (excludes halogenated alkanes) is 2. The smallest absolute Gasteiger partial charge is 0.251 e. The number of hydrogen-bond donors (Lipinski definition) is 2. The number of nitrogens with one attached hydrogen (secondary N) is 1. The molecule has 0 unspecified atom stereocenters. The highest BCUT2D eigenvalue weighted by atomic mass is 32.2. The van der Waals surface area contributed by atoms with Crippen LogP contribution in [0.15, 0.2) is 34.5 Å². The molecular weight excluding hydrogens is 366 g/mol. The summed E-state index contributed by atoms with van der Waals surface area (Å²) < 4.78 is 29.1. The Bertz CT molecular complexity index is 816. The molecule has 0 aliphatic heterocycles. The molecule has 0 bridgehead atoms. The van der Waals surface area contributed by atoms with Gasteiger partial charge in [-0.3, -0.25) is 0 Å². The van der Waals surface area contributed by atoms with Crippen LogP contribution in [-0.4, -0.2) is 19.1 Å². The molecule has 144 valence electrons. The van der Waals surface area contributed by atoms with Crippen molar-refractivity contribution < 1.29 is 13.5 Å². The highest BCUT2D eigenvalue weighted by Gasteiger charge is 2.27. The van der Waals surface area contributed by atoms with Crippen LogP contribution in [0.1, 0.15) is 57.4 Å². The lowest BCUT2D eigenvalue weighted by Gasteiger charge is -2.20. The van der Waals surface area contributed by atoms with E-state index in [9.17, 15) is 13.5 Å². The molecule has 0 saturated carbocycles. The number of aliphatic hydroxyl groups is 1. The van der Waals surface area contributed by atoms with Gasteiger partial charge in [-0.25, -0.2) is 13.1 Å². The van der Waals surface area contributed by atoms with Crippen LogP contribution in [0, 0.1) is 0 Å². The number of hydrogen-bond acceptors (Lipinski definition) is 4. The summed E-state index contributed by atoms with van der Waals surface area (Å²) in [5, 5.41) is 9.23. The number of thiophene rings is 1. The fourth-order valence-electron chi connectivity index (χ4n) is 2.74. The average Bonchev–Trinajstić information content (AvgIpc) is 2.98. The predicted octanol–water partition coefficient (Wildman–Crippen LogP) is 4.72. The first-order chi connectivity index (χ1) is 12.2. The van der Waals surface area contributed by atoms with E-state index >= 15 is 0 Å². The first-order valence-electron chi connectivity index (χ1n) is 9.03. The Labute approximate surface area is 161 Å². The molecule has 2 N–H and O–H groups in total. The minimum atomic E-state index is -3.60. The van der Waals surface area contributed by atoms with Crippen LogP contribution in [0.3, 0.4) is 0 Å². The van der Waals surface area contributed by atoms with Gasteiger partial charge in [-0.2, -0.15) is 0 Å². The van der Waals surface area contributed by atoms with Crippen LogP contribution in [0.5, 0.6) is 0 Å². The summed E-state index contributed by atoms with van der Waals surface area (Å²) >= 11 is 1.36. The van der Waals surface area contributed by atoms with Gasteiger partial charge in [0.1, 0.15) is 4.21 Å². The summed E-state index contributed by atoms with van der Waals surface area (Å²) in [5.41, 5.74) is 1.87. The minimum absolute atomic E-state index is 0.0249. The van der Waals surface area contributed by atoms with Crippen molar-refractivity contribution in [3.8, 4) is 11.1 Å². The highest BCUT2D eigenvalue weighted by molar-refractivity contribution is 7.91. The van der Waals surface area contributed by atoms with Crippen LogP contribution in [0.2, 0.25) is 0 Å². The highest BCUT2D eigenvalue weighted by Crippen LogP contribution is 2.36. The van der Waals surface area contributed by atoms with Gasteiger partial charge in [0.2, 0.25) is 0 Å². The van der Waals surface area contributed by atoms with E-state index in [0.29, 0.717) is 4.21 Å². The summed E-state index contributed by atoms with van der Waals surface area (Å²) in [4.78, 5) is 1.09. The standard InChI is InChI=1S/C20H29NO3S2/c1-5-6-7-8-17-13-18(16-11-9-15(14-22)10-12-16)19(25-17)26(23,24)21-20(2,3)4/h9-13,21-22H,5-8,14H2,1-4H3. The molecule has 0 fully saturated rings. The second-order valence-corrected chi connectivity index (χ2v) is 10.6. The summed E-state index contributed by atoms with van der Waals surface area (Å²) in [6.07, 6.45) is 4.23. The molecule has 26 heavy (non-hydrogen) atoms. The normalized spacial score (nSPS) is 12.5. The Balaban J connectivity index is 2.46. The number of aliphatic hydroxyl groups excluding tert-OH is 1. The van der Waals surface area contributed by atoms with Crippen LogP contribution >= 0.6 is 11.3 Å². The molecule has 6 heteroatoms. The zero-order valence-corrected chi connectivity index (χ0v) is 17.6. The fraction of sp³-hybridized carbons (Fsp3) is 0.500. The van der Waals surface area contributed by atoms with Crippen LogP contribution in [0.4, 0.5) is 0 Å². The Kier molecular flexibility index (Phi) is 7.02. The minimum Gasteiger partial charge on any atom is -0.392 e. The van der Waals surface area contributed by atoms with E-state index < -0.39 is 15.6 Å². The number of aryl methyl sites for hydroxylation is 1. The van der Waals surface area contributed by atoms with Gasteiger partial charge in [0.05, 0.1) is 6.61 Å². The quantitative estimate of drug-likeness (QED) is 0.636. The van der Waals surface area contributed by atoms with E-state index in [1.807, 2.05) is 51.1 Å². The van der Waals surface area contributed by atoms with E-state index in [1.54, 1.807) is 0 Å². The Hall–Kier alpha value is -1.21.